The Labute approximate surface area is 123 Å². The highest BCUT2D eigenvalue weighted by Gasteiger charge is 2.38. The summed E-state index contributed by atoms with van der Waals surface area (Å²) in [6.07, 6.45) is 1.62. The van der Waals surface area contributed by atoms with E-state index in [1.807, 2.05) is 44.2 Å². The fourth-order valence-corrected chi connectivity index (χ4v) is 2.38. The Morgan fingerprint density at radius 3 is 2.67 bits per heavy atom. The van der Waals surface area contributed by atoms with Crippen LogP contribution in [-0.4, -0.2) is 34.6 Å². The van der Waals surface area contributed by atoms with E-state index in [-0.39, 0.29) is 12.0 Å². The molecule has 0 radical (unpaired) electrons. The van der Waals surface area contributed by atoms with Crippen LogP contribution in [0.4, 0.5) is 0 Å². The molecule has 1 aromatic carbocycles. The second-order valence-electron chi connectivity index (χ2n) is 5.58. The SMILES string of the molecule is C[C@H](c1ccccc1)n1nccc1C(=O)OC1(C)COC1. The number of carbonyl (C=O) groups excluding carboxylic acids is 1. The molecule has 1 aliphatic heterocycles. The first-order valence-electron chi connectivity index (χ1n) is 6.99. The summed E-state index contributed by atoms with van der Waals surface area (Å²) in [5.41, 5.74) is 1.04. The molecule has 2 aromatic rings. The van der Waals surface area contributed by atoms with Crippen LogP contribution >= 0.6 is 0 Å². The van der Waals surface area contributed by atoms with Crippen molar-refractivity contribution in [1.82, 2.24) is 9.78 Å². The average molecular weight is 286 g/mol. The van der Waals surface area contributed by atoms with Gasteiger partial charge >= 0.3 is 5.97 Å². The Hall–Kier alpha value is -2.14. The summed E-state index contributed by atoms with van der Waals surface area (Å²) in [7, 11) is 0. The summed E-state index contributed by atoms with van der Waals surface area (Å²) in [6.45, 7) is 4.77. The van der Waals surface area contributed by atoms with Crippen LogP contribution in [0.5, 0.6) is 0 Å². The fourth-order valence-electron chi connectivity index (χ4n) is 2.38. The number of benzene rings is 1. The number of aromatic nitrogens is 2. The third kappa shape index (κ3) is 2.69. The van der Waals surface area contributed by atoms with E-state index < -0.39 is 5.60 Å². The standard InChI is InChI=1S/C16H18N2O3/c1-12(13-6-4-3-5-7-13)18-14(8-9-17-18)15(19)21-16(2)10-20-11-16/h3-9,12H,10-11H2,1-2H3/t12-/m1/s1. The zero-order valence-corrected chi connectivity index (χ0v) is 12.2. The molecule has 1 atom stereocenters. The van der Waals surface area contributed by atoms with Crippen molar-refractivity contribution < 1.29 is 14.3 Å². The minimum atomic E-state index is -0.512. The van der Waals surface area contributed by atoms with Gasteiger partial charge in [-0.3, -0.25) is 4.68 Å². The van der Waals surface area contributed by atoms with E-state index in [9.17, 15) is 4.79 Å². The van der Waals surface area contributed by atoms with Gasteiger partial charge in [0.1, 0.15) is 5.69 Å². The van der Waals surface area contributed by atoms with Gasteiger partial charge in [0.2, 0.25) is 0 Å². The Bertz CT molecular complexity index is 632. The molecule has 1 saturated heterocycles. The number of ether oxygens (including phenoxy) is 2. The highest BCUT2D eigenvalue weighted by molar-refractivity contribution is 5.88. The maximum Gasteiger partial charge on any atom is 0.357 e. The molecule has 1 aliphatic rings. The lowest BCUT2D eigenvalue weighted by molar-refractivity contribution is -0.169. The monoisotopic (exact) mass is 286 g/mol. The average Bonchev–Trinajstić information content (AvgIpc) is 2.95. The van der Waals surface area contributed by atoms with Crippen molar-refractivity contribution in [1.29, 1.82) is 0 Å². The molecule has 0 bridgehead atoms. The third-order valence-corrected chi connectivity index (χ3v) is 3.68. The Kier molecular flexibility index (Phi) is 3.51. The molecule has 1 aromatic heterocycles. The number of hydrogen-bond acceptors (Lipinski definition) is 4. The van der Waals surface area contributed by atoms with Crippen LogP contribution in [0.2, 0.25) is 0 Å². The third-order valence-electron chi connectivity index (χ3n) is 3.68. The molecule has 5 heteroatoms. The van der Waals surface area contributed by atoms with E-state index in [1.165, 1.54) is 0 Å². The second kappa shape index (κ2) is 5.33. The second-order valence-corrected chi connectivity index (χ2v) is 5.58. The normalized spacial score (nSPS) is 17.8. The molecule has 0 spiro atoms. The van der Waals surface area contributed by atoms with Crippen molar-refractivity contribution in [2.75, 3.05) is 13.2 Å². The van der Waals surface area contributed by atoms with Gasteiger partial charge < -0.3 is 9.47 Å². The van der Waals surface area contributed by atoms with E-state index in [4.69, 9.17) is 9.47 Å². The molecule has 0 amide bonds. The van der Waals surface area contributed by atoms with Gasteiger partial charge in [-0.2, -0.15) is 5.10 Å². The molecule has 1 fully saturated rings. The number of carbonyl (C=O) groups is 1. The minimum absolute atomic E-state index is 0.0332. The van der Waals surface area contributed by atoms with Crippen molar-refractivity contribution in [3.05, 3.63) is 53.9 Å². The zero-order valence-electron chi connectivity index (χ0n) is 12.2. The Morgan fingerprint density at radius 2 is 2.05 bits per heavy atom. The highest BCUT2D eigenvalue weighted by atomic mass is 16.6. The smallest absolute Gasteiger partial charge is 0.357 e. The maximum absolute atomic E-state index is 12.3. The molecular weight excluding hydrogens is 268 g/mol. The minimum Gasteiger partial charge on any atom is -0.450 e. The van der Waals surface area contributed by atoms with Gasteiger partial charge in [0.05, 0.1) is 19.3 Å². The van der Waals surface area contributed by atoms with Gasteiger partial charge in [-0.1, -0.05) is 30.3 Å². The molecular formula is C16H18N2O3. The lowest BCUT2D eigenvalue weighted by atomic mass is 10.1. The molecule has 2 heterocycles. The van der Waals surface area contributed by atoms with Gasteiger partial charge in [0, 0.05) is 6.20 Å². The molecule has 0 unspecified atom stereocenters. The molecule has 0 aliphatic carbocycles. The van der Waals surface area contributed by atoms with Crippen molar-refractivity contribution in [2.45, 2.75) is 25.5 Å². The molecule has 5 nitrogen and oxygen atoms in total. The first-order chi connectivity index (χ1) is 10.1. The summed E-state index contributed by atoms with van der Waals surface area (Å²) in [4.78, 5) is 12.3. The Morgan fingerprint density at radius 1 is 1.33 bits per heavy atom. The van der Waals surface area contributed by atoms with Crippen molar-refractivity contribution in [3.8, 4) is 0 Å². The quantitative estimate of drug-likeness (QED) is 0.810. The van der Waals surface area contributed by atoms with Crippen molar-refractivity contribution in [3.63, 3.8) is 0 Å². The first kappa shape index (κ1) is 13.8. The topological polar surface area (TPSA) is 53.4 Å². The van der Waals surface area contributed by atoms with Gasteiger partial charge in [0.15, 0.2) is 5.60 Å². The van der Waals surface area contributed by atoms with Crippen molar-refractivity contribution in [2.24, 2.45) is 0 Å². The van der Waals surface area contributed by atoms with Crippen LogP contribution in [0.1, 0.15) is 35.9 Å². The van der Waals surface area contributed by atoms with Crippen LogP contribution in [0.15, 0.2) is 42.6 Å². The van der Waals surface area contributed by atoms with E-state index in [2.05, 4.69) is 5.10 Å². The largest absolute Gasteiger partial charge is 0.450 e. The van der Waals surface area contributed by atoms with Crippen LogP contribution in [-0.2, 0) is 9.47 Å². The molecule has 0 saturated carbocycles. The predicted molar refractivity (Wildman–Crippen MR) is 77.1 cm³/mol. The zero-order chi connectivity index (χ0) is 14.9. The fraction of sp³-hybridized carbons (Fsp3) is 0.375. The molecule has 3 rings (SSSR count). The van der Waals surface area contributed by atoms with Crippen LogP contribution < -0.4 is 0 Å². The first-order valence-corrected chi connectivity index (χ1v) is 6.99. The molecule has 21 heavy (non-hydrogen) atoms. The van der Waals surface area contributed by atoms with Crippen LogP contribution in [0, 0.1) is 0 Å². The van der Waals surface area contributed by atoms with Crippen molar-refractivity contribution >= 4 is 5.97 Å². The van der Waals surface area contributed by atoms with E-state index in [0.29, 0.717) is 18.9 Å². The summed E-state index contributed by atoms with van der Waals surface area (Å²) < 4.78 is 12.3. The van der Waals surface area contributed by atoms with E-state index in [0.717, 1.165) is 5.56 Å². The highest BCUT2D eigenvalue weighted by Crippen LogP contribution is 2.24. The van der Waals surface area contributed by atoms with Crippen LogP contribution in [0.3, 0.4) is 0 Å². The summed E-state index contributed by atoms with van der Waals surface area (Å²) in [5.74, 6) is -0.360. The molecule has 110 valence electrons. The van der Waals surface area contributed by atoms with Gasteiger partial charge in [-0.25, -0.2) is 4.79 Å². The molecule has 0 N–H and O–H groups in total. The van der Waals surface area contributed by atoms with Gasteiger partial charge in [0.25, 0.3) is 0 Å². The lowest BCUT2D eigenvalue weighted by Crippen LogP contribution is -2.50. The lowest BCUT2D eigenvalue weighted by Gasteiger charge is -2.37. The summed E-state index contributed by atoms with van der Waals surface area (Å²) in [6, 6.07) is 11.6. The van der Waals surface area contributed by atoms with Gasteiger partial charge in [-0.05, 0) is 25.5 Å². The number of rotatable bonds is 4. The maximum atomic E-state index is 12.3. The number of nitrogens with zero attached hydrogens (tertiary/aromatic N) is 2. The van der Waals surface area contributed by atoms with E-state index >= 15 is 0 Å². The summed E-state index contributed by atoms with van der Waals surface area (Å²) in [5, 5.41) is 4.27. The predicted octanol–water partition coefficient (Wildman–Crippen LogP) is 2.44. The van der Waals surface area contributed by atoms with E-state index in [1.54, 1.807) is 16.9 Å². The number of esters is 1. The van der Waals surface area contributed by atoms with Crippen LogP contribution in [0.25, 0.3) is 0 Å². The Balaban J connectivity index is 1.82. The number of hydrogen-bond donors (Lipinski definition) is 0. The van der Waals surface area contributed by atoms with Gasteiger partial charge in [-0.15, -0.1) is 0 Å². The summed E-state index contributed by atoms with van der Waals surface area (Å²) >= 11 is 0.